The van der Waals surface area contributed by atoms with Crippen LogP contribution >= 0.6 is 11.6 Å². The van der Waals surface area contributed by atoms with Crippen LogP contribution in [0.3, 0.4) is 0 Å². The number of benzene rings is 3. The van der Waals surface area contributed by atoms with Gasteiger partial charge in [0.25, 0.3) is 0 Å². The highest BCUT2D eigenvalue weighted by atomic mass is 35.5. The molecular formula is C22H20BClO3. The van der Waals surface area contributed by atoms with E-state index in [0.717, 1.165) is 38.2 Å². The lowest BCUT2D eigenvalue weighted by Crippen LogP contribution is -2.41. The van der Waals surface area contributed by atoms with Gasteiger partial charge in [0.05, 0.1) is 11.2 Å². The van der Waals surface area contributed by atoms with Crippen LogP contribution in [0.5, 0.6) is 0 Å². The van der Waals surface area contributed by atoms with E-state index < -0.39 is 18.3 Å². The van der Waals surface area contributed by atoms with Crippen LogP contribution in [0.25, 0.3) is 32.7 Å². The Bertz CT molecular complexity index is 1190. The highest BCUT2D eigenvalue weighted by molar-refractivity contribution is 6.66. The van der Waals surface area contributed by atoms with Crippen LogP contribution in [0.15, 0.2) is 52.9 Å². The lowest BCUT2D eigenvalue weighted by atomic mass is 9.75. The standard InChI is InChI=1S/C22H20BClO3/c1-21(2)22(3,4)27-23(26-21)17-11-13-7-5-6-8-15(13)20-19(17)16-10-9-14(24)12-18(16)25-20/h5-12H,1-4H3. The van der Waals surface area contributed by atoms with E-state index in [4.69, 9.17) is 25.3 Å². The van der Waals surface area contributed by atoms with E-state index >= 15 is 0 Å². The van der Waals surface area contributed by atoms with Gasteiger partial charge in [-0.1, -0.05) is 41.9 Å². The van der Waals surface area contributed by atoms with E-state index in [1.165, 1.54) is 0 Å². The fourth-order valence-corrected chi connectivity index (χ4v) is 3.93. The summed E-state index contributed by atoms with van der Waals surface area (Å²) in [6.45, 7) is 8.27. The zero-order valence-electron chi connectivity index (χ0n) is 15.8. The molecule has 0 amide bonds. The summed E-state index contributed by atoms with van der Waals surface area (Å²) < 4.78 is 19.0. The van der Waals surface area contributed by atoms with Gasteiger partial charge < -0.3 is 13.7 Å². The Balaban J connectivity index is 1.87. The van der Waals surface area contributed by atoms with E-state index in [9.17, 15) is 0 Å². The van der Waals surface area contributed by atoms with Crippen molar-refractivity contribution in [3.05, 3.63) is 53.6 Å². The molecule has 1 aliphatic heterocycles. The lowest BCUT2D eigenvalue weighted by molar-refractivity contribution is 0.00578. The predicted octanol–water partition coefficient (Wildman–Crippen LogP) is 5.69. The van der Waals surface area contributed by atoms with Crippen molar-refractivity contribution in [1.82, 2.24) is 0 Å². The van der Waals surface area contributed by atoms with E-state index in [1.807, 2.05) is 30.3 Å². The summed E-state index contributed by atoms with van der Waals surface area (Å²) >= 11 is 6.20. The van der Waals surface area contributed by atoms with Crippen molar-refractivity contribution in [2.45, 2.75) is 38.9 Å². The third kappa shape index (κ3) is 2.44. The van der Waals surface area contributed by atoms with Gasteiger partial charge in [-0.25, -0.2) is 0 Å². The minimum atomic E-state index is -0.460. The molecule has 3 nitrogen and oxygen atoms in total. The van der Waals surface area contributed by atoms with Crippen LogP contribution in [0, 0.1) is 0 Å². The minimum absolute atomic E-state index is 0.404. The molecule has 0 atom stereocenters. The Kier molecular flexibility index (Phi) is 3.49. The molecule has 0 unspecified atom stereocenters. The molecule has 1 saturated heterocycles. The van der Waals surface area contributed by atoms with Crippen LogP contribution in [0.4, 0.5) is 0 Å². The molecule has 1 aliphatic rings. The maximum Gasteiger partial charge on any atom is 0.495 e. The molecule has 2 heterocycles. The first kappa shape index (κ1) is 17.1. The van der Waals surface area contributed by atoms with Crippen molar-refractivity contribution in [2.75, 3.05) is 0 Å². The van der Waals surface area contributed by atoms with Crippen molar-refractivity contribution in [1.29, 1.82) is 0 Å². The Morgan fingerprint density at radius 1 is 0.852 bits per heavy atom. The summed E-state index contributed by atoms with van der Waals surface area (Å²) in [5.74, 6) is 0. The first-order chi connectivity index (χ1) is 12.8. The first-order valence-corrected chi connectivity index (χ1v) is 9.54. The van der Waals surface area contributed by atoms with Crippen LogP contribution in [0.1, 0.15) is 27.7 Å². The van der Waals surface area contributed by atoms with Gasteiger partial charge in [-0.05, 0) is 50.7 Å². The second kappa shape index (κ2) is 5.51. The molecule has 0 N–H and O–H groups in total. The van der Waals surface area contributed by atoms with E-state index in [0.29, 0.717) is 5.02 Å². The monoisotopic (exact) mass is 378 g/mol. The summed E-state index contributed by atoms with van der Waals surface area (Å²) in [4.78, 5) is 0. The molecule has 136 valence electrons. The molecule has 1 fully saturated rings. The average molecular weight is 379 g/mol. The zero-order chi connectivity index (χ0) is 19.0. The van der Waals surface area contributed by atoms with Crippen molar-refractivity contribution in [3.8, 4) is 0 Å². The smallest absolute Gasteiger partial charge is 0.455 e. The van der Waals surface area contributed by atoms with Crippen molar-refractivity contribution in [3.63, 3.8) is 0 Å². The van der Waals surface area contributed by atoms with Gasteiger partial charge in [0.15, 0.2) is 0 Å². The quantitative estimate of drug-likeness (QED) is 0.399. The molecule has 1 aromatic heterocycles. The second-order valence-electron chi connectivity index (χ2n) is 8.22. The van der Waals surface area contributed by atoms with Crippen molar-refractivity contribution < 1.29 is 13.7 Å². The Labute approximate surface area is 163 Å². The number of hydrogen-bond acceptors (Lipinski definition) is 3. The molecular weight excluding hydrogens is 359 g/mol. The number of rotatable bonds is 1. The largest absolute Gasteiger partial charge is 0.495 e. The van der Waals surface area contributed by atoms with E-state index in [1.54, 1.807) is 0 Å². The Morgan fingerprint density at radius 3 is 2.30 bits per heavy atom. The summed E-state index contributed by atoms with van der Waals surface area (Å²) in [5, 5.41) is 4.87. The molecule has 4 aromatic rings. The van der Waals surface area contributed by atoms with Gasteiger partial charge in [0, 0.05) is 27.2 Å². The minimum Gasteiger partial charge on any atom is -0.455 e. The van der Waals surface area contributed by atoms with Gasteiger partial charge >= 0.3 is 7.12 Å². The van der Waals surface area contributed by atoms with Gasteiger partial charge in [-0.15, -0.1) is 0 Å². The third-order valence-electron chi connectivity index (χ3n) is 5.96. The molecule has 5 rings (SSSR count). The lowest BCUT2D eigenvalue weighted by Gasteiger charge is -2.32. The van der Waals surface area contributed by atoms with Crippen LogP contribution in [-0.2, 0) is 9.31 Å². The predicted molar refractivity (Wildman–Crippen MR) is 112 cm³/mol. The Morgan fingerprint density at radius 2 is 1.56 bits per heavy atom. The Hall–Kier alpha value is -2.01. The first-order valence-electron chi connectivity index (χ1n) is 9.16. The molecule has 0 saturated carbocycles. The summed E-state index contributed by atoms with van der Waals surface area (Å²) in [6.07, 6.45) is 0. The number of furan rings is 1. The van der Waals surface area contributed by atoms with Crippen LogP contribution in [-0.4, -0.2) is 18.3 Å². The molecule has 0 bridgehead atoms. The number of halogens is 1. The van der Waals surface area contributed by atoms with Crippen molar-refractivity contribution >= 4 is 56.9 Å². The average Bonchev–Trinajstić information content (AvgIpc) is 3.08. The second-order valence-corrected chi connectivity index (χ2v) is 8.66. The van der Waals surface area contributed by atoms with Gasteiger partial charge in [-0.2, -0.15) is 0 Å². The fraction of sp³-hybridized carbons (Fsp3) is 0.273. The maximum absolute atomic E-state index is 6.36. The summed E-state index contributed by atoms with van der Waals surface area (Å²) in [7, 11) is -0.460. The molecule has 0 radical (unpaired) electrons. The SMILES string of the molecule is CC1(C)OB(c2cc3ccccc3c3oc4cc(Cl)ccc4c23)OC1(C)C. The van der Waals surface area contributed by atoms with Gasteiger partial charge in [0.1, 0.15) is 11.2 Å². The summed E-state index contributed by atoms with van der Waals surface area (Å²) in [5.41, 5.74) is 1.79. The summed E-state index contributed by atoms with van der Waals surface area (Å²) in [6, 6.07) is 16.1. The highest BCUT2D eigenvalue weighted by Gasteiger charge is 2.52. The van der Waals surface area contributed by atoms with Crippen molar-refractivity contribution in [2.24, 2.45) is 0 Å². The molecule has 27 heavy (non-hydrogen) atoms. The van der Waals surface area contributed by atoms with Crippen LogP contribution in [0.2, 0.25) is 5.02 Å². The van der Waals surface area contributed by atoms with Gasteiger partial charge in [-0.3, -0.25) is 0 Å². The third-order valence-corrected chi connectivity index (χ3v) is 6.20. The number of fused-ring (bicyclic) bond motifs is 5. The fourth-order valence-electron chi connectivity index (χ4n) is 3.77. The maximum atomic E-state index is 6.36. The van der Waals surface area contributed by atoms with E-state index in [-0.39, 0.29) is 0 Å². The molecule has 5 heteroatoms. The normalized spacial score (nSPS) is 18.8. The zero-order valence-corrected chi connectivity index (χ0v) is 16.6. The van der Waals surface area contributed by atoms with E-state index in [2.05, 4.69) is 45.9 Å². The molecule has 3 aromatic carbocycles. The topological polar surface area (TPSA) is 31.6 Å². The number of hydrogen-bond donors (Lipinski definition) is 0. The van der Waals surface area contributed by atoms with Crippen LogP contribution < -0.4 is 5.46 Å². The van der Waals surface area contributed by atoms with Gasteiger partial charge in [0.2, 0.25) is 0 Å². The molecule has 0 aliphatic carbocycles. The molecule has 0 spiro atoms. The highest BCUT2D eigenvalue weighted by Crippen LogP contribution is 2.39.